The average molecular weight is 294 g/mol. The van der Waals surface area contributed by atoms with Gasteiger partial charge in [0, 0.05) is 7.05 Å². The highest BCUT2D eigenvalue weighted by Crippen LogP contribution is 2.32. The number of nitrogens with two attached hydrogens (primary N) is 1. The van der Waals surface area contributed by atoms with Crippen LogP contribution in [-0.2, 0) is 13.5 Å². The summed E-state index contributed by atoms with van der Waals surface area (Å²) >= 11 is 0. The highest BCUT2D eigenvalue weighted by molar-refractivity contribution is 5.86. The van der Waals surface area contributed by atoms with Gasteiger partial charge in [-0.15, -0.1) is 0 Å². The molecule has 6 nitrogen and oxygen atoms in total. The number of nitrogens with zero attached hydrogens (tertiary/aromatic N) is 4. The lowest BCUT2D eigenvalue weighted by molar-refractivity contribution is 0.628. The largest absolute Gasteiger partial charge is 0.364 e. The molecule has 0 spiro atoms. The van der Waals surface area contributed by atoms with E-state index in [0.717, 1.165) is 29.1 Å². The normalized spacial score (nSPS) is 20.3. The number of benzene rings is 1. The van der Waals surface area contributed by atoms with Gasteiger partial charge in [-0.3, -0.25) is 4.68 Å². The molecule has 2 heterocycles. The van der Waals surface area contributed by atoms with E-state index in [9.17, 15) is 0 Å². The first kappa shape index (κ1) is 13.2. The molecule has 2 atom stereocenters. The summed E-state index contributed by atoms with van der Waals surface area (Å²) < 4.78 is 1.76. The van der Waals surface area contributed by atoms with Gasteiger partial charge in [-0.05, 0) is 24.5 Å². The first-order valence-electron chi connectivity index (χ1n) is 7.40. The quantitative estimate of drug-likeness (QED) is 0.752. The van der Waals surface area contributed by atoms with Gasteiger partial charge in [-0.25, -0.2) is 9.97 Å². The Morgan fingerprint density at radius 2 is 2.09 bits per heavy atom. The van der Waals surface area contributed by atoms with Crippen molar-refractivity contribution in [2.45, 2.75) is 25.4 Å². The Morgan fingerprint density at radius 1 is 1.27 bits per heavy atom. The van der Waals surface area contributed by atoms with Crippen molar-refractivity contribution in [2.75, 3.05) is 5.32 Å². The van der Waals surface area contributed by atoms with Crippen molar-refractivity contribution in [3.8, 4) is 0 Å². The van der Waals surface area contributed by atoms with Gasteiger partial charge in [0.15, 0.2) is 5.65 Å². The number of hydrogen-bond acceptors (Lipinski definition) is 5. The Morgan fingerprint density at radius 3 is 2.91 bits per heavy atom. The van der Waals surface area contributed by atoms with Gasteiger partial charge in [-0.2, -0.15) is 5.10 Å². The van der Waals surface area contributed by atoms with Crippen LogP contribution < -0.4 is 11.1 Å². The molecule has 0 fully saturated rings. The van der Waals surface area contributed by atoms with Crippen LogP contribution in [0.3, 0.4) is 0 Å². The van der Waals surface area contributed by atoms with E-state index in [1.807, 2.05) is 20.0 Å². The predicted molar refractivity (Wildman–Crippen MR) is 85.5 cm³/mol. The Hall–Kier alpha value is -2.47. The van der Waals surface area contributed by atoms with E-state index in [4.69, 9.17) is 5.73 Å². The van der Waals surface area contributed by atoms with Gasteiger partial charge in [0.2, 0.25) is 0 Å². The SMILES string of the molecule is Cc1nc(N[C@H]2Cc3ccccc3[C@@H]2N)c2cnn(C)c2n1. The molecule has 4 rings (SSSR count). The number of nitrogens with one attached hydrogen (secondary N) is 1. The van der Waals surface area contributed by atoms with Crippen LogP contribution in [0.1, 0.15) is 23.0 Å². The van der Waals surface area contributed by atoms with Crippen molar-refractivity contribution in [1.29, 1.82) is 0 Å². The molecule has 3 aromatic rings. The first-order valence-corrected chi connectivity index (χ1v) is 7.40. The fourth-order valence-corrected chi connectivity index (χ4v) is 3.18. The molecular weight excluding hydrogens is 276 g/mol. The smallest absolute Gasteiger partial charge is 0.163 e. The molecule has 6 heteroatoms. The number of fused-ring (bicyclic) bond motifs is 2. The molecule has 1 aliphatic carbocycles. The number of hydrogen-bond donors (Lipinski definition) is 2. The van der Waals surface area contributed by atoms with E-state index in [-0.39, 0.29) is 12.1 Å². The summed E-state index contributed by atoms with van der Waals surface area (Å²) in [5, 5.41) is 8.71. The van der Waals surface area contributed by atoms with Crippen LogP contribution in [0, 0.1) is 6.92 Å². The maximum absolute atomic E-state index is 6.40. The fraction of sp³-hybridized carbons (Fsp3) is 0.312. The third-order valence-electron chi connectivity index (χ3n) is 4.31. The van der Waals surface area contributed by atoms with Crippen molar-refractivity contribution in [3.05, 3.63) is 47.4 Å². The molecule has 0 aliphatic heterocycles. The Labute approximate surface area is 128 Å². The summed E-state index contributed by atoms with van der Waals surface area (Å²) in [6, 6.07) is 8.44. The van der Waals surface area contributed by atoms with E-state index in [2.05, 4.69) is 38.6 Å². The molecule has 2 aromatic heterocycles. The lowest BCUT2D eigenvalue weighted by Gasteiger charge is -2.19. The third kappa shape index (κ3) is 1.95. The van der Waals surface area contributed by atoms with Crippen LogP contribution in [0.15, 0.2) is 30.5 Å². The molecule has 0 radical (unpaired) electrons. The van der Waals surface area contributed by atoms with Crippen molar-refractivity contribution < 1.29 is 0 Å². The maximum atomic E-state index is 6.40. The zero-order valence-electron chi connectivity index (χ0n) is 12.6. The van der Waals surface area contributed by atoms with Crippen LogP contribution in [0.25, 0.3) is 11.0 Å². The highest BCUT2D eigenvalue weighted by atomic mass is 15.3. The monoisotopic (exact) mass is 294 g/mol. The number of rotatable bonds is 2. The van der Waals surface area contributed by atoms with Crippen molar-refractivity contribution in [2.24, 2.45) is 12.8 Å². The van der Waals surface area contributed by atoms with Crippen molar-refractivity contribution in [1.82, 2.24) is 19.7 Å². The van der Waals surface area contributed by atoms with Crippen LogP contribution in [0.2, 0.25) is 0 Å². The molecule has 0 amide bonds. The second kappa shape index (κ2) is 4.78. The van der Waals surface area contributed by atoms with E-state index in [1.54, 1.807) is 10.9 Å². The lowest BCUT2D eigenvalue weighted by atomic mass is 10.1. The fourth-order valence-electron chi connectivity index (χ4n) is 3.18. The maximum Gasteiger partial charge on any atom is 0.163 e. The zero-order chi connectivity index (χ0) is 15.3. The summed E-state index contributed by atoms with van der Waals surface area (Å²) in [7, 11) is 1.88. The number of aryl methyl sites for hydroxylation is 2. The van der Waals surface area contributed by atoms with E-state index >= 15 is 0 Å². The standard InChI is InChI=1S/C16H18N6/c1-9-19-15(12-8-18-22(2)16(12)20-9)21-13-7-10-5-3-4-6-11(10)14(13)17/h3-6,8,13-14H,7,17H2,1-2H3,(H,19,20,21)/t13-,14-/m0/s1. The minimum absolute atomic E-state index is 0.0295. The molecule has 3 N–H and O–H groups in total. The molecule has 0 saturated heterocycles. The summed E-state index contributed by atoms with van der Waals surface area (Å²) in [6.07, 6.45) is 2.70. The van der Waals surface area contributed by atoms with E-state index in [0.29, 0.717) is 0 Å². The van der Waals surface area contributed by atoms with Crippen LogP contribution in [-0.4, -0.2) is 25.8 Å². The topological polar surface area (TPSA) is 81.6 Å². The second-order valence-electron chi connectivity index (χ2n) is 5.80. The summed E-state index contributed by atoms with van der Waals surface area (Å²) in [4.78, 5) is 8.99. The number of aromatic nitrogens is 4. The van der Waals surface area contributed by atoms with Crippen molar-refractivity contribution in [3.63, 3.8) is 0 Å². The number of anilines is 1. The first-order chi connectivity index (χ1) is 10.6. The highest BCUT2D eigenvalue weighted by Gasteiger charge is 2.30. The van der Waals surface area contributed by atoms with Gasteiger partial charge in [0.25, 0.3) is 0 Å². The molecule has 0 unspecified atom stereocenters. The molecule has 112 valence electrons. The summed E-state index contributed by atoms with van der Waals surface area (Å²) in [6.45, 7) is 1.89. The third-order valence-corrected chi connectivity index (χ3v) is 4.31. The molecule has 0 bridgehead atoms. The average Bonchev–Trinajstić information content (AvgIpc) is 3.02. The Balaban J connectivity index is 1.71. The molecule has 1 aromatic carbocycles. The second-order valence-corrected chi connectivity index (χ2v) is 5.80. The Bertz CT molecular complexity index is 853. The van der Waals surface area contributed by atoms with Crippen LogP contribution in [0.4, 0.5) is 5.82 Å². The summed E-state index contributed by atoms with van der Waals surface area (Å²) in [5.74, 6) is 1.53. The van der Waals surface area contributed by atoms with Gasteiger partial charge in [0.05, 0.1) is 23.7 Å². The molecule has 22 heavy (non-hydrogen) atoms. The van der Waals surface area contributed by atoms with Gasteiger partial charge < -0.3 is 11.1 Å². The minimum atomic E-state index is -0.0295. The minimum Gasteiger partial charge on any atom is -0.364 e. The van der Waals surface area contributed by atoms with Crippen LogP contribution >= 0.6 is 0 Å². The summed E-state index contributed by atoms with van der Waals surface area (Å²) in [5.41, 5.74) is 9.75. The molecule has 1 aliphatic rings. The zero-order valence-corrected chi connectivity index (χ0v) is 12.6. The van der Waals surface area contributed by atoms with Gasteiger partial charge in [0.1, 0.15) is 11.6 Å². The van der Waals surface area contributed by atoms with Gasteiger partial charge in [-0.1, -0.05) is 24.3 Å². The molecular formula is C16H18N6. The van der Waals surface area contributed by atoms with Gasteiger partial charge >= 0.3 is 0 Å². The van der Waals surface area contributed by atoms with Crippen molar-refractivity contribution >= 4 is 16.9 Å². The molecule has 0 saturated carbocycles. The lowest BCUT2D eigenvalue weighted by Crippen LogP contribution is -2.30. The van der Waals surface area contributed by atoms with E-state index in [1.165, 1.54) is 11.1 Å². The van der Waals surface area contributed by atoms with Crippen LogP contribution in [0.5, 0.6) is 0 Å². The van der Waals surface area contributed by atoms with E-state index < -0.39 is 0 Å². The Kier molecular flexibility index (Phi) is 2.87. The predicted octanol–water partition coefficient (Wildman–Crippen LogP) is 1.71.